The Kier molecular flexibility index (Phi) is 6.62. The Labute approximate surface area is 154 Å². The van der Waals surface area contributed by atoms with Gasteiger partial charge in [-0.1, -0.05) is 24.3 Å². The van der Waals surface area contributed by atoms with E-state index < -0.39 is 51.6 Å². The Morgan fingerprint density at radius 3 is 2.33 bits per heavy atom. The summed E-state index contributed by atoms with van der Waals surface area (Å²) >= 11 is 0. The zero-order chi connectivity index (χ0) is 20.0. The topological polar surface area (TPSA) is 101 Å². The van der Waals surface area contributed by atoms with E-state index in [0.717, 1.165) is 12.1 Å². The van der Waals surface area contributed by atoms with Crippen molar-refractivity contribution in [1.82, 2.24) is 5.32 Å². The quantitative estimate of drug-likeness (QED) is 0.709. The molecule has 2 rings (SSSR count). The highest BCUT2D eigenvalue weighted by atomic mass is 32.2. The molecule has 0 unspecified atom stereocenters. The van der Waals surface area contributed by atoms with E-state index in [1.54, 1.807) is 18.2 Å². The van der Waals surface area contributed by atoms with Crippen LogP contribution in [-0.2, 0) is 25.8 Å². The number of hydrogen-bond acceptors (Lipinski definition) is 4. The first-order chi connectivity index (χ1) is 12.7. The minimum Gasteiger partial charge on any atom is -0.480 e. The molecule has 0 aliphatic rings. The number of aliphatic carboxylic acids is 1. The molecule has 2 aromatic carbocycles. The van der Waals surface area contributed by atoms with E-state index in [1.807, 2.05) is 0 Å². The van der Waals surface area contributed by atoms with E-state index in [-0.39, 0.29) is 16.9 Å². The molecule has 0 aromatic heterocycles. The van der Waals surface area contributed by atoms with Gasteiger partial charge in [0.25, 0.3) is 0 Å². The standard InChI is InChI=1S/C18H17F2NO5S/c19-13-7-6-12(15(20)11-13)10-17(22)21-16(18(23)24)8-9-27(25,26)14-4-2-1-3-5-14/h1-7,11,16H,8-10H2,(H,21,22)(H,23,24)/t16-/m0/s1. The summed E-state index contributed by atoms with van der Waals surface area (Å²) in [5, 5.41) is 11.4. The number of carboxylic acids is 1. The molecule has 0 spiro atoms. The number of carbonyl (C=O) groups excluding carboxylic acids is 1. The van der Waals surface area contributed by atoms with Crippen molar-refractivity contribution in [2.45, 2.75) is 23.8 Å². The molecule has 0 aliphatic carbocycles. The van der Waals surface area contributed by atoms with Gasteiger partial charge in [-0.2, -0.15) is 0 Å². The first kappa shape index (κ1) is 20.5. The minimum absolute atomic E-state index is 0.0499. The van der Waals surface area contributed by atoms with Crippen molar-refractivity contribution in [3.8, 4) is 0 Å². The van der Waals surface area contributed by atoms with Crippen LogP contribution in [0.5, 0.6) is 0 Å². The summed E-state index contributed by atoms with van der Waals surface area (Å²) in [6, 6.07) is 8.73. The maximum Gasteiger partial charge on any atom is 0.326 e. The monoisotopic (exact) mass is 397 g/mol. The zero-order valence-corrected chi connectivity index (χ0v) is 14.9. The predicted molar refractivity (Wildman–Crippen MR) is 92.7 cm³/mol. The lowest BCUT2D eigenvalue weighted by Gasteiger charge is -2.15. The Morgan fingerprint density at radius 2 is 1.74 bits per heavy atom. The lowest BCUT2D eigenvalue weighted by Crippen LogP contribution is -2.42. The van der Waals surface area contributed by atoms with Gasteiger partial charge < -0.3 is 10.4 Å². The molecule has 2 N–H and O–H groups in total. The van der Waals surface area contributed by atoms with Crippen molar-refractivity contribution < 1.29 is 31.9 Å². The normalized spacial score (nSPS) is 12.4. The maximum absolute atomic E-state index is 13.6. The van der Waals surface area contributed by atoms with Crippen molar-refractivity contribution >= 4 is 21.7 Å². The van der Waals surface area contributed by atoms with Crippen LogP contribution in [0, 0.1) is 11.6 Å². The minimum atomic E-state index is -3.71. The van der Waals surface area contributed by atoms with Gasteiger partial charge in [-0.3, -0.25) is 4.79 Å². The number of halogens is 2. The van der Waals surface area contributed by atoms with Crippen LogP contribution >= 0.6 is 0 Å². The van der Waals surface area contributed by atoms with Crippen LogP contribution in [0.3, 0.4) is 0 Å². The number of carboxylic acid groups (broad SMARTS) is 1. The summed E-state index contributed by atoms with van der Waals surface area (Å²) in [6.45, 7) is 0. The molecular formula is C18H17F2NO5S. The van der Waals surface area contributed by atoms with Gasteiger partial charge >= 0.3 is 5.97 Å². The van der Waals surface area contributed by atoms with Crippen LogP contribution in [0.1, 0.15) is 12.0 Å². The SMILES string of the molecule is O=C(Cc1ccc(F)cc1F)N[C@@H](CCS(=O)(=O)c1ccccc1)C(=O)O. The highest BCUT2D eigenvalue weighted by Crippen LogP contribution is 2.13. The van der Waals surface area contributed by atoms with Crippen molar-refractivity contribution in [2.75, 3.05) is 5.75 Å². The van der Waals surface area contributed by atoms with E-state index in [2.05, 4.69) is 5.32 Å². The zero-order valence-electron chi connectivity index (χ0n) is 14.1. The van der Waals surface area contributed by atoms with Crippen LogP contribution in [0.4, 0.5) is 8.78 Å². The molecular weight excluding hydrogens is 380 g/mol. The number of sulfone groups is 1. The second-order valence-electron chi connectivity index (χ2n) is 5.79. The van der Waals surface area contributed by atoms with Crippen LogP contribution in [-0.4, -0.2) is 37.2 Å². The Bertz CT molecular complexity index is 932. The number of benzene rings is 2. The average molecular weight is 397 g/mol. The fraction of sp³-hybridized carbons (Fsp3) is 0.222. The lowest BCUT2D eigenvalue weighted by molar-refractivity contribution is -0.141. The molecule has 27 heavy (non-hydrogen) atoms. The van der Waals surface area contributed by atoms with Gasteiger partial charge in [-0.15, -0.1) is 0 Å². The summed E-state index contributed by atoms with van der Waals surface area (Å²) in [4.78, 5) is 23.3. The number of hydrogen-bond donors (Lipinski definition) is 2. The number of nitrogens with one attached hydrogen (secondary N) is 1. The number of amides is 1. The molecule has 2 aromatic rings. The first-order valence-electron chi connectivity index (χ1n) is 7.93. The summed E-state index contributed by atoms with van der Waals surface area (Å²) in [7, 11) is -3.71. The third-order valence-electron chi connectivity index (χ3n) is 3.78. The van der Waals surface area contributed by atoms with Crippen LogP contribution < -0.4 is 5.32 Å². The lowest BCUT2D eigenvalue weighted by atomic mass is 10.1. The number of carbonyl (C=O) groups is 2. The Hall–Kier alpha value is -2.81. The summed E-state index contributed by atoms with van der Waals surface area (Å²) in [5.74, 6) is -4.44. The molecule has 0 aliphatic heterocycles. The molecule has 1 atom stereocenters. The van der Waals surface area contributed by atoms with E-state index in [1.165, 1.54) is 12.1 Å². The molecule has 6 nitrogen and oxygen atoms in total. The fourth-order valence-corrected chi connectivity index (χ4v) is 3.71. The molecule has 0 saturated carbocycles. The molecule has 0 radical (unpaired) electrons. The van der Waals surface area contributed by atoms with Gasteiger partial charge in [-0.05, 0) is 30.2 Å². The van der Waals surface area contributed by atoms with E-state index in [4.69, 9.17) is 0 Å². The molecule has 1 amide bonds. The van der Waals surface area contributed by atoms with E-state index in [9.17, 15) is 31.9 Å². The molecule has 144 valence electrons. The highest BCUT2D eigenvalue weighted by molar-refractivity contribution is 7.91. The van der Waals surface area contributed by atoms with Gasteiger partial charge in [0.1, 0.15) is 17.7 Å². The van der Waals surface area contributed by atoms with Crippen LogP contribution in [0.25, 0.3) is 0 Å². The smallest absolute Gasteiger partial charge is 0.326 e. The number of rotatable bonds is 8. The summed E-state index contributed by atoms with van der Waals surface area (Å²) < 4.78 is 50.9. The Morgan fingerprint density at radius 1 is 1.07 bits per heavy atom. The van der Waals surface area contributed by atoms with Crippen molar-refractivity contribution in [3.05, 3.63) is 65.7 Å². The average Bonchev–Trinajstić information content (AvgIpc) is 2.61. The summed E-state index contributed by atoms with van der Waals surface area (Å²) in [5.41, 5.74) is -0.102. The van der Waals surface area contributed by atoms with Crippen molar-refractivity contribution in [3.63, 3.8) is 0 Å². The van der Waals surface area contributed by atoms with Gasteiger partial charge in [0.2, 0.25) is 5.91 Å². The predicted octanol–water partition coefficient (Wildman–Crippen LogP) is 1.94. The van der Waals surface area contributed by atoms with Gasteiger partial charge in [0.05, 0.1) is 17.1 Å². The molecule has 0 heterocycles. The third-order valence-corrected chi connectivity index (χ3v) is 5.54. The largest absolute Gasteiger partial charge is 0.480 e. The highest BCUT2D eigenvalue weighted by Gasteiger charge is 2.24. The van der Waals surface area contributed by atoms with E-state index in [0.29, 0.717) is 6.07 Å². The van der Waals surface area contributed by atoms with Gasteiger partial charge in [-0.25, -0.2) is 22.0 Å². The molecule has 9 heteroatoms. The Balaban J connectivity index is 2.01. The van der Waals surface area contributed by atoms with Gasteiger partial charge in [0, 0.05) is 6.07 Å². The second kappa shape index (κ2) is 8.72. The fourth-order valence-electron chi connectivity index (χ4n) is 2.36. The third kappa shape index (κ3) is 5.85. The molecule has 0 fully saturated rings. The molecule has 0 bridgehead atoms. The maximum atomic E-state index is 13.6. The molecule has 0 saturated heterocycles. The van der Waals surface area contributed by atoms with Gasteiger partial charge in [0.15, 0.2) is 9.84 Å². The second-order valence-corrected chi connectivity index (χ2v) is 7.90. The first-order valence-corrected chi connectivity index (χ1v) is 9.58. The van der Waals surface area contributed by atoms with Crippen LogP contribution in [0.15, 0.2) is 53.4 Å². The van der Waals surface area contributed by atoms with Crippen molar-refractivity contribution in [2.24, 2.45) is 0 Å². The van der Waals surface area contributed by atoms with E-state index >= 15 is 0 Å². The van der Waals surface area contributed by atoms with Crippen molar-refractivity contribution in [1.29, 1.82) is 0 Å². The summed E-state index contributed by atoms with van der Waals surface area (Å²) in [6.07, 6.45) is -0.856. The van der Waals surface area contributed by atoms with Crippen LogP contribution in [0.2, 0.25) is 0 Å².